The highest BCUT2D eigenvalue weighted by Crippen LogP contribution is 2.20. The molecule has 2 atom stereocenters. The monoisotopic (exact) mass is 194 g/mol. The summed E-state index contributed by atoms with van der Waals surface area (Å²) in [6.45, 7) is 5.10. The molecule has 1 aliphatic carbocycles. The molecule has 0 radical (unpaired) electrons. The first-order valence-electron chi connectivity index (χ1n) is 4.74. The molecule has 0 saturated heterocycles. The number of rotatable bonds is 2. The van der Waals surface area contributed by atoms with E-state index in [2.05, 4.69) is 0 Å². The second kappa shape index (κ2) is 3.86. The van der Waals surface area contributed by atoms with Gasteiger partial charge in [0.15, 0.2) is 17.3 Å². The maximum absolute atomic E-state index is 11.6. The molecule has 3 nitrogen and oxygen atoms in total. The SMILES string of the molecule is CC(C)C(=O)C1C(=O)C=CC(C)C1=O. The molecule has 0 bridgehead atoms. The van der Waals surface area contributed by atoms with Crippen LogP contribution in [-0.2, 0) is 14.4 Å². The zero-order valence-corrected chi connectivity index (χ0v) is 8.61. The maximum atomic E-state index is 11.6. The number of allylic oxidation sites excluding steroid dienone is 2. The zero-order chi connectivity index (χ0) is 10.9. The summed E-state index contributed by atoms with van der Waals surface area (Å²) in [5.41, 5.74) is 0. The van der Waals surface area contributed by atoms with Gasteiger partial charge in [-0.15, -0.1) is 0 Å². The van der Waals surface area contributed by atoms with Crippen LogP contribution in [0.1, 0.15) is 20.8 Å². The molecule has 0 fully saturated rings. The fourth-order valence-corrected chi connectivity index (χ4v) is 1.45. The number of ketones is 3. The lowest BCUT2D eigenvalue weighted by molar-refractivity contribution is -0.141. The molecule has 0 N–H and O–H groups in total. The van der Waals surface area contributed by atoms with Gasteiger partial charge < -0.3 is 0 Å². The smallest absolute Gasteiger partial charge is 0.173 e. The molecule has 0 amide bonds. The molecule has 0 aliphatic heterocycles. The van der Waals surface area contributed by atoms with Crippen molar-refractivity contribution < 1.29 is 14.4 Å². The lowest BCUT2D eigenvalue weighted by Crippen LogP contribution is -2.38. The largest absolute Gasteiger partial charge is 0.298 e. The summed E-state index contributed by atoms with van der Waals surface area (Å²) in [5.74, 6) is -2.54. The molecular formula is C11H14O3. The van der Waals surface area contributed by atoms with Crippen LogP contribution in [0.15, 0.2) is 12.2 Å². The van der Waals surface area contributed by atoms with Crippen LogP contribution in [0, 0.1) is 17.8 Å². The van der Waals surface area contributed by atoms with E-state index in [0.717, 1.165) is 0 Å². The summed E-state index contributed by atoms with van der Waals surface area (Å²) < 4.78 is 0. The van der Waals surface area contributed by atoms with Gasteiger partial charge in [-0.1, -0.05) is 26.8 Å². The van der Waals surface area contributed by atoms with Crippen molar-refractivity contribution in [1.82, 2.24) is 0 Å². The van der Waals surface area contributed by atoms with Gasteiger partial charge in [0, 0.05) is 11.8 Å². The number of hydrogen-bond acceptors (Lipinski definition) is 3. The molecule has 3 heteroatoms. The highest BCUT2D eigenvalue weighted by molar-refractivity contribution is 6.24. The van der Waals surface area contributed by atoms with Crippen molar-refractivity contribution in [3.63, 3.8) is 0 Å². The third kappa shape index (κ3) is 1.81. The third-order valence-electron chi connectivity index (χ3n) is 2.42. The Balaban J connectivity index is 2.98. The normalized spacial score (nSPS) is 27.1. The van der Waals surface area contributed by atoms with Crippen LogP contribution in [0.25, 0.3) is 0 Å². The van der Waals surface area contributed by atoms with Crippen molar-refractivity contribution >= 4 is 17.3 Å². The molecule has 0 aromatic heterocycles. The van der Waals surface area contributed by atoms with E-state index in [1.54, 1.807) is 26.8 Å². The van der Waals surface area contributed by atoms with Gasteiger partial charge in [-0.05, 0) is 6.08 Å². The molecule has 0 aromatic rings. The number of carbonyl (C=O) groups excluding carboxylic acids is 3. The first kappa shape index (κ1) is 10.8. The van der Waals surface area contributed by atoms with E-state index >= 15 is 0 Å². The Hall–Kier alpha value is -1.25. The third-order valence-corrected chi connectivity index (χ3v) is 2.42. The van der Waals surface area contributed by atoms with Gasteiger partial charge in [0.05, 0.1) is 0 Å². The molecule has 0 heterocycles. The first-order valence-corrected chi connectivity index (χ1v) is 4.74. The molecule has 2 unspecified atom stereocenters. The van der Waals surface area contributed by atoms with Gasteiger partial charge >= 0.3 is 0 Å². The predicted molar refractivity (Wildman–Crippen MR) is 51.7 cm³/mol. The standard InChI is InChI=1S/C11H14O3/c1-6(2)10(13)9-8(12)5-4-7(3)11(9)14/h4-7,9H,1-3H3. The van der Waals surface area contributed by atoms with Crippen molar-refractivity contribution in [3.8, 4) is 0 Å². The van der Waals surface area contributed by atoms with Gasteiger partial charge in [0.25, 0.3) is 0 Å². The molecule has 76 valence electrons. The van der Waals surface area contributed by atoms with E-state index in [-0.39, 0.29) is 29.2 Å². The average Bonchev–Trinajstić information content (AvgIpc) is 2.12. The predicted octanol–water partition coefficient (Wildman–Crippen LogP) is 1.17. The lowest BCUT2D eigenvalue weighted by Gasteiger charge is -2.20. The van der Waals surface area contributed by atoms with E-state index < -0.39 is 5.92 Å². The molecule has 0 spiro atoms. The maximum Gasteiger partial charge on any atom is 0.173 e. The van der Waals surface area contributed by atoms with Crippen LogP contribution < -0.4 is 0 Å². The molecule has 1 rings (SSSR count). The zero-order valence-electron chi connectivity index (χ0n) is 8.61. The van der Waals surface area contributed by atoms with Gasteiger partial charge in [0.2, 0.25) is 0 Å². The molecule has 1 aliphatic rings. The molecule has 14 heavy (non-hydrogen) atoms. The Morgan fingerprint density at radius 3 is 2.43 bits per heavy atom. The minimum Gasteiger partial charge on any atom is -0.298 e. The summed E-state index contributed by atoms with van der Waals surface area (Å²) in [6.07, 6.45) is 2.89. The Kier molecular flexibility index (Phi) is 2.99. The van der Waals surface area contributed by atoms with E-state index in [0.29, 0.717) is 0 Å². The number of hydrogen-bond donors (Lipinski definition) is 0. The Morgan fingerprint density at radius 2 is 1.93 bits per heavy atom. The van der Waals surface area contributed by atoms with Crippen molar-refractivity contribution in [3.05, 3.63) is 12.2 Å². The fourth-order valence-electron chi connectivity index (χ4n) is 1.45. The van der Waals surface area contributed by atoms with Crippen LogP contribution in [0.3, 0.4) is 0 Å². The highest BCUT2D eigenvalue weighted by atomic mass is 16.2. The van der Waals surface area contributed by atoms with Crippen molar-refractivity contribution in [2.24, 2.45) is 17.8 Å². The summed E-state index contributed by atoms with van der Waals surface area (Å²) in [4.78, 5) is 34.5. The summed E-state index contributed by atoms with van der Waals surface area (Å²) >= 11 is 0. The van der Waals surface area contributed by atoms with Crippen LogP contribution in [0.2, 0.25) is 0 Å². The van der Waals surface area contributed by atoms with E-state index in [1.807, 2.05) is 0 Å². The highest BCUT2D eigenvalue weighted by Gasteiger charge is 2.37. The van der Waals surface area contributed by atoms with Crippen LogP contribution in [-0.4, -0.2) is 17.3 Å². The molecular weight excluding hydrogens is 180 g/mol. The summed E-state index contributed by atoms with van der Waals surface area (Å²) in [7, 11) is 0. The van der Waals surface area contributed by atoms with Crippen LogP contribution >= 0.6 is 0 Å². The van der Waals surface area contributed by atoms with Crippen molar-refractivity contribution in [2.45, 2.75) is 20.8 Å². The first-order chi connectivity index (χ1) is 6.45. The van der Waals surface area contributed by atoms with Crippen LogP contribution in [0.4, 0.5) is 0 Å². The van der Waals surface area contributed by atoms with E-state index in [9.17, 15) is 14.4 Å². The van der Waals surface area contributed by atoms with Crippen molar-refractivity contribution in [1.29, 1.82) is 0 Å². The quantitative estimate of drug-likeness (QED) is 0.620. The Bertz CT molecular complexity index is 312. The van der Waals surface area contributed by atoms with Gasteiger partial charge in [0.1, 0.15) is 5.92 Å². The number of Topliss-reactive ketones (excluding diaryl/α,β-unsaturated/α-hetero) is 2. The Morgan fingerprint density at radius 1 is 1.36 bits per heavy atom. The van der Waals surface area contributed by atoms with E-state index in [1.165, 1.54) is 6.08 Å². The average molecular weight is 194 g/mol. The van der Waals surface area contributed by atoms with Crippen molar-refractivity contribution in [2.75, 3.05) is 0 Å². The van der Waals surface area contributed by atoms with Gasteiger partial charge in [-0.2, -0.15) is 0 Å². The molecule has 0 aromatic carbocycles. The molecule has 0 saturated carbocycles. The fraction of sp³-hybridized carbons (Fsp3) is 0.545. The summed E-state index contributed by atoms with van der Waals surface area (Å²) in [5, 5.41) is 0. The van der Waals surface area contributed by atoms with Gasteiger partial charge in [-0.25, -0.2) is 0 Å². The van der Waals surface area contributed by atoms with E-state index in [4.69, 9.17) is 0 Å². The topological polar surface area (TPSA) is 51.2 Å². The lowest BCUT2D eigenvalue weighted by atomic mass is 9.80. The minimum atomic E-state index is -1.05. The second-order valence-corrected chi connectivity index (χ2v) is 3.94. The summed E-state index contributed by atoms with van der Waals surface area (Å²) in [6, 6.07) is 0. The van der Waals surface area contributed by atoms with Gasteiger partial charge in [-0.3, -0.25) is 14.4 Å². The van der Waals surface area contributed by atoms with Crippen LogP contribution in [0.5, 0.6) is 0 Å². The number of carbonyl (C=O) groups is 3. The Labute approximate surface area is 83.2 Å². The minimum absolute atomic E-state index is 0.267. The second-order valence-electron chi connectivity index (χ2n) is 3.94.